The fourth-order valence-corrected chi connectivity index (χ4v) is 3.45. The van der Waals surface area contributed by atoms with Crippen LogP contribution >= 0.6 is 0 Å². The summed E-state index contributed by atoms with van der Waals surface area (Å²) >= 11 is 0. The minimum Gasteiger partial charge on any atom is -0.489 e. The van der Waals surface area contributed by atoms with Crippen molar-refractivity contribution in [3.05, 3.63) is 71.4 Å². The van der Waals surface area contributed by atoms with Crippen molar-refractivity contribution in [3.63, 3.8) is 0 Å². The van der Waals surface area contributed by atoms with Gasteiger partial charge in [-0.2, -0.15) is 0 Å². The van der Waals surface area contributed by atoms with Crippen molar-refractivity contribution in [3.8, 4) is 5.75 Å². The van der Waals surface area contributed by atoms with Gasteiger partial charge in [0.25, 0.3) is 0 Å². The third kappa shape index (κ3) is 3.29. The first kappa shape index (κ1) is 18.0. The highest BCUT2D eigenvalue weighted by Gasteiger charge is 2.39. The summed E-state index contributed by atoms with van der Waals surface area (Å²) in [5.41, 5.74) is 3.00. The number of nitrogens with one attached hydrogen (secondary N) is 2. The molecule has 4 rings (SSSR count). The van der Waals surface area contributed by atoms with E-state index < -0.39 is 11.4 Å². The SMILES string of the molecule is Cc1cc(COc2ccc(C3(C)CNC(=O)NC3=O)cc2)c2ccccc2n1. The predicted molar refractivity (Wildman–Crippen MR) is 106 cm³/mol. The number of imide groups is 1. The van der Waals surface area contributed by atoms with Crippen LogP contribution in [0, 0.1) is 6.92 Å². The number of carbonyl (C=O) groups is 2. The average Bonchev–Trinajstić information content (AvgIpc) is 2.69. The summed E-state index contributed by atoms with van der Waals surface area (Å²) in [6, 6.07) is 17.0. The fourth-order valence-electron chi connectivity index (χ4n) is 3.45. The van der Waals surface area contributed by atoms with Crippen LogP contribution in [0.3, 0.4) is 0 Å². The molecule has 0 bridgehead atoms. The molecular formula is C22H21N3O3. The molecule has 1 fully saturated rings. The Morgan fingerprint density at radius 3 is 2.61 bits per heavy atom. The van der Waals surface area contributed by atoms with E-state index in [1.165, 1.54) is 0 Å². The first-order chi connectivity index (χ1) is 13.5. The van der Waals surface area contributed by atoms with Crippen molar-refractivity contribution >= 4 is 22.8 Å². The van der Waals surface area contributed by atoms with Gasteiger partial charge in [0.2, 0.25) is 5.91 Å². The molecule has 3 amide bonds. The van der Waals surface area contributed by atoms with Gasteiger partial charge in [-0.15, -0.1) is 0 Å². The topological polar surface area (TPSA) is 80.3 Å². The quantitative estimate of drug-likeness (QED) is 0.734. The molecule has 1 saturated heterocycles. The number of carbonyl (C=O) groups excluding carboxylic acids is 2. The van der Waals surface area contributed by atoms with Crippen LogP contribution in [0.25, 0.3) is 10.9 Å². The Morgan fingerprint density at radius 1 is 1.11 bits per heavy atom. The van der Waals surface area contributed by atoms with Gasteiger partial charge in [0, 0.05) is 23.2 Å². The monoisotopic (exact) mass is 375 g/mol. The van der Waals surface area contributed by atoms with Gasteiger partial charge in [-0.3, -0.25) is 15.1 Å². The average molecular weight is 375 g/mol. The largest absolute Gasteiger partial charge is 0.489 e. The molecule has 0 saturated carbocycles. The first-order valence-corrected chi connectivity index (χ1v) is 9.13. The standard InChI is InChI=1S/C22H21N3O3/c1-14-11-15(18-5-3-4-6-19(18)24-14)12-28-17-9-7-16(8-10-17)22(2)13-23-21(27)25-20(22)26/h3-11H,12-13H2,1-2H3,(H2,23,25,26,27). The van der Waals surface area contributed by atoms with Gasteiger partial charge in [0.1, 0.15) is 12.4 Å². The number of rotatable bonds is 4. The number of fused-ring (bicyclic) bond motifs is 1. The van der Waals surface area contributed by atoms with Gasteiger partial charge in [0.05, 0.1) is 10.9 Å². The van der Waals surface area contributed by atoms with Crippen LogP contribution in [-0.2, 0) is 16.8 Å². The molecule has 1 unspecified atom stereocenters. The first-order valence-electron chi connectivity index (χ1n) is 9.13. The zero-order valence-electron chi connectivity index (χ0n) is 15.8. The number of hydrogen-bond acceptors (Lipinski definition) is 4. The lowest BCUT2D eigenvalue weighted by molar-refractivity contribution is -0.125. The highest BCUT2D eigenvalue weighted by Crippen LogP contribution is 2.28. The Labute approximate surface area is 162 Å². The van der Waals surface area contributed by atoms with Crippen LogP contribution in [0.15, 0.2) is 54.6 Å². The van der Waals surface area contributed by atoms with Crippen LogP contribution in [-0.4, -0.2) is 23.5 Å². The van der Waals surface area contributed by atoms with E-state index in [2.05, 4.69) is 15.6 Å². The fraction of sp³-hybridized carbons (Fsp3) is 0.227. The molecule has 28 heavy (non-hydrogen) atoms. The summed E-state index contributed by atoms with van der Waals surface area (Å²) in [7, 11) is 0. The maximum atomic E-state index is 12.3. The van der Waals surface area contributed by atoms with Gasteiger partial charge in [-0.25, -0.2) is 4.79 Å². The molecule has 142 valence electrons. The van der Waals surface area contributed by atoms with Gasteiger partial charge in [-0.1, -0.05) is 30.3 Å². The molecule has 2 heterocycles. The number of aromatic nitrogens is 1. The number of nitrogens with zero attached hydrogens (tertiary/aromatic N) is 1. The van der Waals surface area contributed by atoms with Crippen LogP contribution in [0.2, 0.25) is 0 Å². The molecule has 0 radical (unpaired) electrons. The lowest BCUT2D eigenvalue weighted by Crippen LogP contribution is -2.59. The summed E-state index contributed by atoms with van der Waals surface area (Å²) in [6.07, 6.45) is 0. The number of aryl methyl sites for hydroxylation is 1. The van der Waals surface area contributed by atoms with Gasteiger partial charge in [-0.05, 0) is 43.7 Å². The van der Waals surface area contributed by atoms with E-state index in [0.29, 0.717) is 12.4 Å². The Balaban J connectivity index is 1.52. The summed E-state index contributed by atoms with van der Waals surface area (Å²) in [4.78, 5) is 28.1. The van der Waals surface area contributed by atoms with Gasteiger partial charge in [0.15, 0.2) is 0 Å². The number of benzene rings is 2. The van der Waals surface area contributed by atoms with Gasteiger partial charge < -0.3 is 10.1 Å². The molecule has 6 heteroatoms. The van der Waals surface area contributed by atoms with E-state index in [0.717, 1.165) is 27.7 Å². The summed E-state index contributed by atoms with van der Waals surface area (Å²) < 4.78 is 5.98. The molecule has 1 aliphatic rings. The highest BCUT2D eigenvalue weighted by molar-refractivity contribution is 6.02. The second kappa shape index (κ2) is 6.96. The van der Waals surface area contributed by atoms with E-state index in [-0.39, 0.29) is 12.5 Å². The molecule has 2 aromatic carbocycles. The van der Waals surface area contributed by atoms with Crippen molar-refractivity contribution < 1.29 is 14.3 Å². The smallest absolute Gasteiger partial charge is 0.321 e. The minimum absolute atomic E-state index is 0.264. The van der Waals surface area contributed by atoms with E-state index >= 15 is 0 Å². The van der Waals surface area contributed by atoms with E-state index in [1.807, 2.05) is 68.4 Å². The molecule has 1 aromatic heterocycles. The van der Waals surface area contributed by atoms with Crippen LogP contribution in [0.1, 0.15) is 23.7 Å². The Bertz CT molecular complexity index is 1060. The molecule has 3 aromatic rings. The van der Waals surface area contributed by atoms with Crippen LogP contribution in [0.4, 0.5) is 4.79 Å². The van der Waals surface area contributed by atoms with Crippen molar-refractivity contribution in [2.75, 3.05) is 6.54 Å². The van der Waals surface area contributed by atoms with Gasteiger partial charge >= 0.3 is 6.03 Å². The zero-order chi connectivity index (χ0) is 19.7. The summed E-state index contributed by atoms with van der Waals surface area (Å²) in [6.45, 7) is 4.47. The normalized spacial score (nSPS) is 19.2. The number of para-hydroxylation sites is 1. The molecule has 6 nitrogen and oxygen atoms in total. The van der Waals surface area contributed by atoms with E-state index in [9.17, 15) is 9.59 Å². The Morgan fingerprint density at radius 2 is 1.86 bits per heavy atom. The number of amides is 3. The highest BCUT2D eigenvalue weighted by atomic mass is 16.5. The van der Waals surface area contributed by atoms with Crippen molar-refractivity contribution in [2.24, 2.45) is 0 Å². The molecule has 0 spiro atoms. The maximum Gasteiger partial charge on any atom is 0.321 e. The number of hydrogen-bond donors (Lipinski definition) is 2. The van der Waals surface area contributed by atoms with Crippen molar-refractivity contribution in [1.82, 2.24) is 15.6 Å². The number of pyridine rings is 1. The van der Waals surface area contributed by atoms with E-state index in [1.54, 1.807) is 0 Å². The molecule has 0 aliphatic carbocycles. The van der Waals surface area contributed by atoms with Crippen LogP contribution < -0.4 is 15.4 Å². The van der Waals surface area contributed by atoms with Crippen LogP contribution in [0.5, 0.6) is 5.75 Å². The summed E-state index contributed by atoms with van der Waals surface area (Å²) in [5, 5.41) is 6.08. The predicted octanol–water partition coefficient (Wildman–Crippen LogP) is 3.22. The zero-order valence-corrected chi connectivity index (χ0v) is 15.8. The van der Waals surface area contributed by atoms with Crippen molar-refractivity contribution in [1.29, 1.82) is 0 Å². The third-order valence-electron chi connectivity index (χ3n) is 5.15. The molecule has 1 atom stereocenters. The third-order valence-corrected chi connectivity index (χ3v) is 5.15. The lowest BCUT2D eigenvalue weighted by atomic mass is 9.80. The number of ether oxygens (including phenoxy) is 1. The maximum absolute atomic E-state index is 12.3. The molecule has 1 aliphatic heterocycles. The lowest BCUT2D eigenvalue weighted by Gasteiger charge is -2.32. The molecule has 2 N–H and O–H groups in total. The summed E-state index contributed by atoms with van der Waals surface area (Å²) in [5.74, 6) is 0.412. The Kier molecular flexibility index (Phi) is 4.47. The van der Waals surface area contributed by atoms with Crippen molar-refractivity contribution in [2.45, 2.75) is 25.9 Å². The number of urea groups is 1. The minimum atomic E-state index is -0.801. The Hall–Kier alpha value is -3.41. The second-order valence-electron chi connectivity index (χ2n) is 7.22. The molecular weight excluding hydrogens is 354 g/mol. The van der Waals surface area contributed by atoms with E-state index in [4.69, 9.17) is 4.74 Å². The second-order valence-corrected chi connectivity index (χ2v) is 7.22.